The molecule has 1 atom stereocenters. The van der Waals surface area contributed by atoms with E-state index < -0.39 is 0 Å². The third-order valence-electron chi connectivity index (χ3n) is 2.86. The summed E-state index contributed by atoms with van der Waals surface area (Å²) >= 11 is 0. The van der Waals surface area contributed by atoms with Gasteiger partial charge in [-0.3, -0.25) is 0 Å². The summed E-state index contributed by atoms with van der Waals surface area (Å²) in [7, 11) is 3.78. The zero-order valence-corrected chi connectivity index (χ0v) is 11.2. The van der Waals surface area contributed by atoms with Crippen LogP contribution in [0, 0.1) is 0 Å². The summed E-state index contributed by atoms with van der Waals surface area (Å²) in [4.78, 5) is 0. The Balaban J connectivity index is 0.000000980. The van der Waals surface area contributed by atoms with Crippen LogP contribution in [-0.4, -0.2) is 10.2 Å². The van der Waals surface area contributed by atoms with Gasteiger partial charge in [0.15, 0.2) is 0 Å². The van der Waals surface area contributed by atoms with Crippen LogP contribution in [0.25, 0.3) is 5.57 Å². The van der Waals surface area contributed by atoms with Gasteiger partial charge in [-0.2, -0.15) is 0 Å². The third kappa shape index (κ3) is 1.69. The van der Waals surface area contributed by atoms with E-state index in [0.29, 0.717) is 5.54 Å². The summed E-state index contributed by atoms with van der Waals surface area (Å²) in [5.74, 6) is 0. The zero-order chi connectivity index (χ0) is 9.42. The summed E-state index contributed by atoms with van der Waals surface area (Å²) < 4.78 is 0. The molecule has 0 nitrogen and oxygen atoms in total. The minimum atomic E-state index is 0. The molecule has 0 fully saturated rings. The molecule has 0 aromatic heterocycles. The first kappa shape index (κ1) is 12.0. The first-order valence-electron chi connectivity index (χ1n) is 4.75. The molecular formula is C12H13SiTi. The average molecular weight is 233 g/mol. The molecule has 0 heterocycles. The van der Waals surface area contributed by atoms with Crippen molar-refractivity contribution in [1.29, 1.82) is 0 Å². The number of rotatable bonds is 1. The van der Waals surface area contributed by atoms with E-state index in [1.165, 1.54) is 22.3 Å². The van der Waals surface area contributed by atoms with Crippen molar-refractivity contribution in [1.82, 2.24) is 0 Å². The Hall–Kier alpha value is -0.109. The van der Waals surface area contributed by atoms with Gasteiger partial charge in [-0.15, -0.1) is 0 Å². The largest absolute Gasteiger partial charge is 0.0656 e. The van der Waals surface area contributed by atoms with Crippen LogP contribution < -0.4 is 0 Å². The third-order valence-corrected chi connectivity index (χ3v) is 3.60. The van der Waals surface area contributed by atoms with E-state index in [1.807, 2.05) is 0 Å². The van der Waals surface area contributed by atoms with Gasteiger partial charge in [0.2, 0.25) is 0 Å². The van der Waals surface area contributed by atoms with Crippen LogP contribution >= 0.6 is 0 Å². The zero-order valence-electron chi connectivity index (χ0n) is 8.59. The van der Waals surface area contributed by atoms with Crippen LogP contribution in [0.3, 0.4) is 0 Å². The van der Waals surface area contributed by atoms with Crippen molar-refractivity contribution in [2.75, 3.05) is 0 Å². The first-order valence-corrected chi connectivity index (χ1v) is 5.33. The maximum atomic E-state index is 3.78. The molecule has 0 saturated heterocycles. The molecule has 69 valence electrons. The predicted molar refractivity (Wildman–Crippen MR) is 57.8 cm³/mol. The fraction of sp³-hybridized carbons (Fsp3) is 0.333. The van der Waals surface area contributed by atoms with Crippen molar-refractivity contribution in [3.8, 4) is 0 Å². The van der Waals surface area contributed by atoms with Crippen molar-refractivity contribution >= 4 is 15.8 Å². The monoisotopic (exact) mass is 233 g/mol. The van der Waals surface area contributed by atoms with Crippen LogP contribution in [0.4, 0.5) is 0 Å². The van der Waals surface area contributed by atoms with Crippen LogP contribution in [0.5, 0.6) is 0 Å². The van der Waals surface area contributed by atoms with Gasteiger partial charge in [-0.1, -0.05) is 36.8 Å². The molecule has 2 rings (SSSR count). The molecule has 0 bridgehead atoms. The minimum Gasteiger partial charge on any atom is -0.0656 e. The van der Waals surface area contributed by atoms with Crippen molar-refractivity contribution < 1.29 is 21.7 Å². The molecule has 3 radical (unpaired) electrons. The Morgan fingerprint density at radius 3 is 2.57 bits per heavy atom. The predicted octanol–water partition coefficient (Wildman–Crippen LogP) is 3.09. The number of allylic oxidation sites excluding steroid dienone is 2. The SMILES string of the molecule is CCC1=C(C)C([Si])c2ccccc21.[Ti]. The van der Waals surface area contributed by atoms with Gasteiger partial charge in [-0.05, 0) is 35.6 Å². The molecule has 0 amide bonds. The van der Waals surface area contributed by atoms with Crippen molar-refractivity contribution in [2.24, 2.45) is 0 Å². The second-order valence-electron chi connectivity index (χ2n) is 3.54. The molecule has 14 heavy (non-hydrogen) atoms. The summed E-state index contributed by atoms with van der Waals surface area (Å²) in [6, 6.07) is 8.65. The van der Waals surface area contributed by atoms with Crippen molar-refractivity contribution in [2.45, 2.75) is 25.8 Å². The smallest absolute Gasteiger partial charge is 0.0392 e. The van der Waals surface area contributed by atoms with Crippen LogP contribution in [0.2, 0.25) is 0 Å². The molecule has 1 unspecified atom stereocenters. The molecule has 1 aromatic rings. The molecular weight excluding hydrogens is 220 g/mol. The Morgan fingerprint density at radius 1 is 1.29 bits per heavy atom. The second kappa shape index (κ2) is 4.61. The van der Waals surface area contributed by atoms with E-state index in [4.69, 9.17) is 0 Å². The Morgan fingerprint density at radius 2 is 1.93 bits per heavy atom. The Kier molecular flexibility index (Phi) is 3.94. The molecule has 0 spiro atoms. The molecule has 0 N–H and O–H groups in total. The van der Waals surface area contributed by atoms with E-state index in [0.717, 1.165) is 6.42 Å². The normalized spacial score (nSPS) is 19.2. The van der Waals surface area contributed by atoms with E-state index in [2.05, 4.69) is 48.4 Å². The van der Waals surface area contributed by atoms with Gasteiger partial charge in [-0.25, -0.2) is 0 Å². The maximum Gasteiger partial charge on any atom is 0.0392 e. The van der Waals surface area contributed by atoms with Gasteiger partial charge in [0.1, 0.15) is 0 Å². The standard InChI is InChI=1S/C12H13Si.Ti/c1-3-9-8(2)12(13)11-7-5-4-6-10(9)11;/h4-7,12H,3H2,1-2H3;. The summed E-state index contributed by atoms with van der Waals surface area (Å²) in [5, 5.41) is 0. The molecule has 0 aliphatic heterocycles. The quantitative estimate of drug-likeness (QED) is 0.654. The molecule has 2 heteroatoms. The Bertz CT molecular complexity index is 368. The number of benzene rings is 1. The van der Waals surface area contributed by atoms with Gasteiger partial charge < -0.3 is 0 Å². The minimum absolute atomic E-state index is 0. The van der Waals surface area contributed by atoms with Gasteiger partial charge in [0.05, 0.1) is 0 Å². The molecule has 1 aromatic carbocycles. The topological polar surface area (TPSA) is 0 Å². The summed E-state index contributed by atoms with van der Waals surface area (Å²) in [5.41, 5.74) is 6.28. The second-order valence-corrected chi connectivity index (χ2v) is 4.11. The fourth-order valence-corrected chi connectivity index (χ4v) is 2.54. The summed E-state index contributed by atoms with van der Waals surface area (Å²) in [6.07, 6.45) is 1.13. The van der Waals surface area contributed by atoms with E-state index >= 15 is 0 Å². The Labute approximate surface area is 104 Å². The van der Waals surface area contributed by atoms with Crippen LogP contribution in [0.15, 0.2) is 29.8 Å². The van der Waals surface area contributed by atoms with Crippen molar-refractivity contribution in [3.05, 3.63) is 41.0 Å². The average Bonchev–Trinajstić information content (AvgIpc) is 2.41. The van der Waals surface area contributed by atoms with E-state index in [9.17, 15) is 0 Å². The van der Waals surface area contributed by atoms with E-state index in [1.54, 1.807) is 0 Å². The van der Waals surface area contributed by atoms with Crippen LogP contribution in [-0.2, 0) is 21.7 Å². The first-order chi connectivity index (χ1) is 6.25. The maximum absolute atomic E-state index is 3.78. The van der Waals surface area contributed by atoms with Crippen LogP contribution in [0.1, 0.15) is 36.9 Å². The number of hydrogen-bond donors (Lipinski definition) is 0. The van der Waals surface area contributed by atoms with Crippen molar-refractivity contribution in [3.63, 3.8) is 0 Å². The fourth-order valence-electron chi connectivity index (χ4n) is 2.11. The van der Waals surface area contributed by atoms with Gasteiger partial charge in [0, 0.05) is 32.0 Å². The molecule has 1 aliphatic rings. The number of hydrogen-bond acceptors (Lipinski definition) is 0. The molecule has 1 aliphatic carbocycles. The summed E-state index contributed by atoms with van der Waals surface area (Å²) in [6.45, 7) is 4.44. The van der Waals surface area contributed by atoms with E-state index in [-0.39, 0.29) is 21.7 Å². The number of fused-ring (bicyclic) bond motifs is 1. The molecule has 0 saturated carbocycles. The van der Waals surface area contributed by atoms with Gasteiger partial charge in [0.25, 0.3) is 0 Å². The van der Waals surface area contributed by atoms with Gasteiger partial charge >= 0.3 is 0 Å².